The van der Waals surface area contributed by atoms with Crippen LogP contribution in [0.15, 0.2) is 29.3 Å². The zero-order valence-corrected chi connectivity index (χ0v) is 20.6. The first kappa shape index (κ1) is 22.9. The lowest BCUT2D eigenvalue weighted by Gasteiger charge is -2.36. The average molecular weight is 460 g/mol. The van der Waals surface area contributed by atoms with Gasteiger partial charge in [0.05, 0.1) is 0 Å². The van der Waals surface area contributed by atoms with Crippen molar-refractivity contribution in [2.24, 2.45) is 28.5 Å². The van der Waals surface area contributed by atoms with Gasteiger partial charge in [-0.1, -0.05) is 31.0 Å². The molecule has 170 valence electrons. The number of nitrogens with zero attached hydrogens (tertiary/aromatic N) is 3. The minimum absolute atomic E-state index is 0.440. The second-order valence-corrected chi connectivity index (χ2v) is 11.1. The minimum atomic E-state index is 0.440. The van der Waals surface area contributed by atoms with Crippen molar-refractivity contribution in [2.45, 2.75) is 51.0 Å². The number of fused-ring (bicyclic) bond motifs is 1. The Bertz CT molecular complexity index is 771. The number of hydrogen-bond acceptors (Lipinski definition) is 4. The molecular formula is C24H37N5S2. The van der Waals surface area contributed by atoms with Gasteiger partial charge in [-0.15, -0.1) is 0 Å². The molecule has 1 aromatic carbocycles. The molecule has 2 saturated carbocycles. The first-order valence-electron chi connectivity index (χ1n) is 11.8. The predicted octanol–water partition coefficient (Wildman–Crippen LogP) is 4.79. The van der Waals surface area contributed by atoms with Crippen LogP contribution in [0.3, 0.4) is 0 Å². The van der Waals surface area contributed by atoms with Gasteiger partial charge in [-0.05, 0) is 94.0 Å². The van der Waals surface area contributed by atoms with Gasteiger partial charge in [0.15, 0.2) is 10.3 Å². The van der Waals surface area contributed by atoms with E-state index in [1.807, 2.05) is 0 Å². The van der Waals surface area contributed by atoms with Gasteiger partial charge in [0.1, 0.15) is 0 Å². The molecule has 0 aromatic heterocycles. The lowest BCUT2D eigenvalue weighted by atomic mass is 10.0. The molecule has 0 spiro atoms. The van der Waals surface area contributed by atoms with Gasteiger partial charge < -0.3 is 20.9 Å². The number of thiocarbonyl (C=S) groups is 1. The second-order valence-electron chi connectivity index (χ2n) is 9.62. The van der Waals surface area contributed by atoms with E-state index in [0.717, 1.165) is 42.3 Å². The number of thioether (sulfide) groups is 1. The maximum absolute atomic E-state index is 6.17. The van der Waals surface area contributed by atoms with Crippen molar-refractivity contribution in [1.29, 1.82) is 0 Å². The molecule has 2 aliphatic carbocycles. The van der Waals surface area contributed by atoms with Crippen molar-refractivity contribution < 1.29 is 0 Å². The number of nitrogens with two attached hydrogens (primary N) is 1. The van der Waals surface area contributed by atoms with Crippen LogP contribution in [0.5, 0.6) is 0 Å². The van der Waals surface area contributed by atoms with E-state index in [1.54, 1.807) is 11.8 Å². The van der Waals surface area contributed by atoms with Crippen LogP contribution in [0.25, 0.3) is 0 Å². The zero-order valence-electron chi connectivity index (χ0n) is 18.9. The zero-order chi connectivity index (χ0) is 21.8. The molecule has 4 rings (SSSR count). The van der Waals surface area contributed by atoms with E-state index < -0.39 is 0 Å². The number of piperidine rings is 1. The molecule has 0 bridgehead atoms. The molecule has 31 heavy (non-hydrogen) atoms. The lowest BCUT2D eigenvalue weighted by Crippen LogP contribution is -2.41. The second kappa shape index (κ2) is 10.5. The highest BCUT2D eigenvalue weighted by Gasteiger charge is 2.43. The summed E-state index contributed by atoms with van der Waals surface area (Å²) < 4.78 is 0. The van der Waals surface area contributed by atoms with Crippen molar-refractivity contribution in [3.8, 4) is 0 Å². The van der Waals surface area contributed by atoms with Crippen LogP contribution < -0.4 is 16.0 Å². The molecule has 0 amide bonds. The van der Waals surface area contributed by atoms with Crippen molar-refractivity contribution in [2.75, 3.05) is 43.2 Å². The van der Waals surface area contributed by atoms with Crippen LogP contribution in [0.1, 0.15) is 44.9 Å². The smallest absolute Gasteiger partial charge is 0.199 e. The van der Waals surface area contributed by atoms with E-state index in [4.69, 9.17) is 18.0 Å². The van der Waals surface area contributed by atoms with E-state index in [1.165, 1.54) is 50.6 Å². The van der Waals surface area contributed by atoms with Crippen LogP contribution in [-0.2, 0) is 0 Å². The molecule has 1 saturated heterocycles. The Hall–Kier alpha value is -1.31. The fourth-order valence-electron chi connectivity index (χ4n) is 5.29. The quantitative estimate of drug-likeness (QED) is 0.375. The number of anilines is 2. The molecule has 7 heteroatoms. The molecular weight excluding hydrogens is 422 g/mol. The molecule has 3 aliphatic rings. The number of benzene rings is 1. The summed E-state index contributed by atoms with van der Waals surface area (Å²) in [6.45, 7) is 2.21. The van der Waals surface area contributed by atoms with E-state index >= 15 is 0 Å². The molecule has 1 heterocycles. The minimum Gasteiger partial charge on any atom is -0.378 e. The number of rotatable bonds is 5. The summed E-state index contributed by atoms with van der Waals surface area (Å²) in [5.41, 5.74) is 8.41. The third-order valence-corrected chi connectivity index (χ3v) is 8.49. The summed E-state index contributed by atoms with van der Waals surface area (Å²) in [4.78, 5) is 9.23. The number of aliphatic imine (C=N–C) groups is 1. The van der Waals surface area contributed by atoms with Gasteiger partial charge in [-0.25, -0.2) is 0 Å². The van der Waals surface area contributed by atoms with E-state index in [-0.39, 0.29) is 0 Å². The Morgan fingerprint density at radius 2 is 1.87 bits per heavy atom. The summed E-state index contributed by atoms with van der Waals surface area (Å²) in [7, 11) is 4.36. The monoisotopic (exact) mass is 459 g/mol. The highest BCUT2D eigenvalue weighted by molar-refractivity contribution is 8.13. The van der Waals surface area contributed by atoms with Crippen molar-refractivity contribution in [3.05, 3.63) is 24.3 Å². The SMILES string of the molecule is CN(C)C1CCN(c2ccc(NC(=S)/N=C(\N)SCC3CCCCC4CC34)cc2)CC1. The van der Waals surface area contributed by atoms with Gasteiger partial charge >= 0.3 is 0 Å². The number of hydrogen-bond donors (Lipinski definition) is 2. The summed E-state index contributed by atoms with van der Waals surface area (Å²) in [5.74, 6) is 3.83. The van der Waals surface area contributed by atoms with Crippen LogP contribution in [0, 0.1) is 17.8 Å². The summed E-state index contributed by atoms with van der Waals surface area (Å²) in [6.07, 6.45) is 9.44. The van der Waals surface area contributed by atoms with Gasteiger partial charge in [-0.3, -0.25) is 0 Å². The molecule has 0 radical (unpaired) electrons. The standard InChI is InChI=1S/C24H37N5S2/c1-28(2)20-11-13-29(14-12-20)21-9-7-19(8-10-21)26-24(30)27-23(25)31-16-18-6-4-3-5-17-15-22(17)18/h7-10,17-18,20,22H,3-6,11-16H2,1-2H3,(H3,25,26,27,30). The Kier molecular flexibility index (Phi) is 7.77. The Labute approximate surface area is 197 Å². The fourth-order valence-corrected chi connectivity index (χ4v) is 6.52. The van der Waals surface area contributed by atoms with Gasteiger partial charge in [-0.2, -0.15) is 4.99 Å². The lowest BCUT2D eigenvalue weighted by molar-refractivity contribution is 0.249. The average Bonchev–Trinajstić information content (AvgIpc) is 3.54. The highest BCUT2D eigenvalue weighted by Crippen LogP contribution is 2.52. The van der Waals surface area contributed by atoms with E-state index in [0.29, 0.717) is 16.3 Å². The summed E-state index contributed by atoms with van der Waals surface area (Å²) >= 11 is 7.10. The Balaban J connectivity index is 1.22. The third kappa shape index (κ3) is 6.36. The van der Waals surface area contributed by atoms with Gasteiger partial charge in [0.25, 0.3) is 0 Å². The van der Waals surface area contributed by atoms with Crippen LogP contribution in [0.2, 0.25) is 0 Å². The Morgan fingerprint density at radius 1 is 1.16 bits per heavy atom. The van der Waals surface area contributed by atoms with Crippen LogP contribution in [0.4, 0.5) is 11.4 Å². The van der Waals surface area contributed by atoms with E-state index in [9.17, 15) is 0 Å². The Morgan fingerprint density at radius 3 is 2.58 bits per heavy atom. The largest absolute Gasteiger partial charge is 0.378 e. The first-order valence-corrected chi connectivity index (χ1v) is 13.2. The maximum Gasteiger partial charge on any atom is 0.199 e. The third-order valence-electron chi connectivity index (χ3n) is 7.32. The maximum atomic E-state index is 6.17. The van der Waals surface area contributed by atoms with Crippen LogP contribution >= 0.6 is 24.0 Å². The first-order chi connectivity index (χ1) is 15.0. The summed E-state index contributed by atoms with van der Waals surface area (Å²) in [5, 5.41) is 4.24. The molecule has 1 aliphatic heterocycles. The topological polar surface area (TPSA) is 56.9 Å². The van der Waals surface area contributed by atoms with Crippen molar-refractivity contribution >= 4 is 45.6 Å². The molecule has 3 fully saturated rings. The molecule has 1 aromatic rings. The molecule has 5 nitrogen and oxygen atoms in total. The van der Waals surface area contributed by atoms with Crippen molar-refractivity contribution in [3.63, 3.8) is 0 Å². The fraction of sp³-hybridized carbons (Fsp3) is 0.667. The number of nitrogens with one attached hydrogen (secondary N) is 1. The molecule has 3 unspecified atom stereocenters. The predicted molar refractivity (Wildman–Crippen MR) is 139 cm³/mol. The van der Waals surface area contributed by atoms with E-state index in [2.05, 4.69) is 58.5 Å². The van der Waals surface area contributed by atoms with Gasteiger partial charge in [0.2, 0.25) is 0 Å². The highest BCUT2D eigenvalue weighted by atomic mass is 32.2. The van der Waals surface area contributed by atoms with Crippen molar-refractivity contribution in [1.82, 2.24) is 4.90 Å². The normalized spacial score (nSPS) is 27.0. The summed E-state index contributed by atoms with van der Waals surface area (Å²) in [6, 6.07) is 9.19. The van der Waals surface area contributed by atoms with Crippen LogP contribution in [-0.4, -0.2) is 54.2 Å². The molecule has 3 atom stereocenters. The van der Waals surface area contributed by atoms with Gasteiger partial charge in [0, 0.05) is 36.3 Å². The number of amidine groups is 1. The molecule has 3 N–H and O–H groups in total.